The molecule has 1 fully saturated rings. The van der Waals surface area contributed by atoms with Gasteiger partial charge in [0.1, 0.15) is 11.8 Å². The summed E-state index contributed by atoms with van der Waals surface area (Å²) in [7, 11) is 0. The Bertz CT molecular complexity index is 854. The summed E-state index contributed by atoms with van der Waals surface area (Å²) >= 11 is 1.21. The van der Waals surface area contributed by atoms with Crippen molar-refractivity contribution < 1.29 is 24.2 Å². The van der Waals surface area contributed by atoms with Crippen LogP contribution in [0.4, 0.5) is 5.13 Å². The number of aliphatic carboxylic acids is 1. The van der Waals surface area contributed by atoms with Crippen molar-refractivity contribution in [2.45, 2.75) is 38.3 Å². The molecule has 0 spiro atoms. The number of carboxylic acids is 1. The highest BCUT2D eigenvalue weighted by Gasteiger charge is 2.34. The number of carboxylic acid groups (broad SMARTS) is 1. The highest BCUT2D eigenvalue weighted by Crippen LogP contribution is 2.21. The molecule has 3 rings (SSSR count). The van der Waals surface area contributed by atoms with Gasteiger partial charge in [-0.3, -0.25) is 14.9 Å². The first kappa shape index (κ1) is 19.8. The monoisotopic (exact) mass is 403 g/mol. The van der Waals surface area contributed by atoms with Crippen LogP contribution in [0.2, 0.25) is 0 Å². The predicted octanol–water partition coefficient (Wildman–Crippen LogP) is 2.17. The first-order chi connectivity index (χ1) is 13.4. The number of nitrogens with one attached hydrogen (secondary N) is 1. The summed E-state index contributed by atoms with van der Waals surface area (Å²) in [6.45, 7) is 2.08. The number of para-hydroxylation sites is 1. The molecule has 2 aromatic rings. The third-order valence-electron chi connectivity index (χ3n) is 4.40. The summed E-state index contributed by atoms with van der Waals surface area (Å²) in [5, 5.41) is 13.9. The number of ether oxygens (including phenoxy) is 1. The molecule has 2 atom stereocenters. The Labute approximate surface area is 166 Å². The van der Waals surface area contributed by atoms with Gasteiger partial charge in [-0.25, -0.2) is 9.78 Å². The molecule has 0 aliphatic carbocycles. The lowest BCUT2D eigenvalue weighted by molar-refractivity contribution is -0.148. The second-order valence-corrected chi connectivity index (χ2v) is 7.32. The fourth-order valence-electron chi connectivity index (χ4n) is 2.99. The first-order valence-corrected chi connectivity index (χ1v) is 9.81. The largest absolute Gasteiger partial charge is 0.481 e. The van der Waals surface area contributed by atoms with Gasteiger partial charge in [0.25, 0.3) is 5.91 Å². The lowest BCUT2D eigenvalue weighted by atomic mass is 10.2. The molecule has 0 radical (unpaired) electrons. The van der Waals surface area contributed by atoms with Crippen molar-refractivity contribution >= 4 is 34.3 Å². The molecule has 0 bridgehead atoms. The maximum absolute atomic E-state index is 12.4. The van der Waals surface area contributed by atoms with Crippen molar-refractivity contribution in [2.75, 3.05) is 11.9 Å². The Morgan fingerprint density at radius 3 is 2.82 bits per heavy atom. The van der Waals surface area contributed by atoms with E-state index in [9.17, 15) is 19.5 Å². The molecule has 1 aromatic carbocycles. The number of benzene rings is 1. The maximum atomic E-state index is 12.4. The Morgan fingerprint density at radius 2 is 2.11 bits per heavy atom. The minimum absolute atomic E-state index is 0.00617. The van der Waals surface area contributed by atoms with Gasteiger partial charge in [0.15, 0.2) is 11.2 Å². The van der Waals surface area contributed by atoms with Crippen LogP contribution in [0, 0.1) is 0 Å². The van der Waals surface area contributed by atoms with E-state index in [1.807, 2.05) is 18.2 Å². The van der Waals surface area contributed by atoms with Crippen LogP contribution in [-0.4, -0.2) is 51.5 Å². The van der Waals surface area contributed by atoms with Crippen molar-refractivity contribution in [1.82, 2.24) is 9.88 Å². The molecule has 1 aliphatic heterocycles. The van der Waals surface area contributed by atoms with Crippen molar-refractivity contribution in [3.05, 3.63) is 41.4 Å². The van der Waals surface area contributed by atoms with Gasteiger partial charge in [-0.2, -0.15) is 0 Å². The van der Waals surface area contributed by atoms with Crippen LogP contribution in [0.1, 0.15) is 25.5 Å². The Morgan fingerprint density at radius 1 is 1.36 bits per heavy atom. The van der Waals surface area contributed by atoms with Crippen LogP contribution in [0.3, 0.4) is 0 Å². The van der Waals surface area contributed by atoms with Crippen LogP contribution >= 0.6 is 11.3 Å². The van der Waals surface area contributed by atoms with Gasteiger partial charge in [0.05, 0.1) is 12.1 Å². The van der Waals surface area contributed by atoms with E-state index in [-0.39, 0.29) is 18.2 Å². The number of hydrogen-bond donors (Lipinski definition) is 2. The number of carbonyl (C=O) groups is 3. The van der Waals surface area contributed by atoms with Crippen molar-refractivity contribution in [3.63, 3.8) is 0 Å². The third kappa shape index (κ3) is 4.86. The summed E-state index contributed by atoms with van der Waals surface area (Å²) in [6, 6.07) is 8.26. The van der Waals surface area contributed by atoms with Gasteiger partial charge in [0, 0.05) is 11.9 Å². The number of rotatable bonds is 7. The maximum Gasteiger partial charge on any atom is 0.326 e. The summed E-state index contributed by atoms with van der Waals surface area (Å²) in [4.78, 5) is 41.5. The molecular formula is C19H21N3O5S. The smallest absolute Gasteiger partial charge is 0.326 e. The van der Waals surface area contributed by atoms with Crippen molar-refractivity contribution in [3.8, 4) is 5.75 Å². The van der Waals surface area contributed by atoms with Gasteiger partial charge >= 0.3 is 5.97 Å². The average molecular weight is 403 g/mol. The van der Waals surface area contributed by atoms with E-state index in [2.05, 4.69) is 10.3 Å². The van der Waals surface area contributed by atoms with Crippen molar-refractivity contribution in [2.24, 2.45) is 0 Å². The third-order valence-corrected chi connectivity index (χ3v) is 5.20. The normalized spacial score (nSPS) is 17.2. The zero-order chi connectivity index (χ0) is 20.1. The summed E-state index contributed by atoms with van der Waals surface area (Å²) in [5.74, 6) is -1.01. The van der Waals surface area contributed by atoms with Crippen LogP contribution in [0.5, 0.6) is 5.75 Å². The van der Waals surface area contributed by atoms with Crippen LogP contribution in [-0.2, 0) is 20.8 Å². The Balaban J connectivity index is 1.54. The fraction of sp³-hybridized carbons (Fsp3) is 0.368. The minimum atomic E-state index is -0.982. The lowest BCUT2D eigenvalue weighted by Gasteiger charge is -2.20. The predicted molar refractivity (Wildman–Crippen MR) is 103 cm³/mol. The van der Waals surface area contributed by atoms with Crippen LogP contribution < -0.4 is 10.1 Å². The van der Waals surface area contributed by atoms with E-state index in [0.29, 0.717) is 36.0 Å². The number of likely N-dealkylation sites (tertiary alicyclic amines) is 1. The molecule has 148 valence electrons. The van der Waals surface area contributed by atoms with Gasteiger partial charge < -0.3 is 14.7 Å². The van der Waals surface area contributed by atoms with E-state index in [1.54, 1.807) is 24.4 Å². The van der Waals surface area contributed by atoms with E-state index in [0.717, 1.165) is 0 Å². The summed E-state index contributed by atoms with van der Waals surface area (Å²) < 4.78 is 5.57. The minimum Gasteiger partial charge on any atom is -0.481 e. The number of hydrogen-bond acceptors (Lipinski definition) is 6. The number of anilines is 1. The number of nitrogens with zero attached hydrogens (tertiary/aromatic N) is 2. The second kappa shape index (κ2) is 8.83. The molecule has 1 saturated heterocycles. The Kier molecular flexibility index (Phi) is 6.25. The van der Waals surface area contributed by atoms with Crippen LogP contribution in [0.15, 0.2) is 35.7 Å². The highest BCUT2D eigenvalue weighted by atomic mass is 32.1. The zero-order valence-electron chi connectivity index (χ0n) is 15.3. The van der Waals surface area contributed by atoms with Crippen LogP contribution in [0.25, 0.3) is 0 Å². The standard InChI is InChI=1S/C19H21N3O5S/c1-12(27-14-6-3-2-4-7-14)17(24)21-19-20-13(11-28-19)10-16(23)22-9-5-8-15(22)18(25)26/h2-4,6-7,11-12,15H,5,8-10H2,1H3,(H,25,26)(H,20,21,24). The molecule has 1 aliphatic rings. The molecule has 9 heteroatoms. The van der Waals surface area contributed by atoms with Crippen molar-refractivity contribution in [1.29, 1.82) is 0 Å². The van der Waals surface area contributed by atoms with E-state index in [1.165, 1.54) is 16.2 Å². The number of thiazole rings is 1. The Hall–Kier alpha value is -2.94. The number of aromatic nitrogens is 1. The van der Waals surface area contributed by atoms with E-state index in [4.69, 9.17) is 4.74 Å². The quantitative estimate of drug-likeness (QED) is 0.733. The molecule has 1 aromatic heterocycles. The first-order valence-electron chi connectivity index (χ1n) is 8.93. The molecule has 28 heavy (non-hydrogen) atoms. The molecule has 2 N–H and O–H groups in total. The molecular weight excluding hydrogens is 382 g/mol. The molecule has 2 unspecified atom stereocenters. The van der Waals surface area contributed by atoms with Gasteiger partial charge in [-0.05, 0) is 31.9 Å². The summed E-state index contributed by atoms with van der Waals surface area (Å²) in [6.07, 6.45) is 0.447. The zero-order valence-corrected chi connectivity index (χ0v) is 16.1. The molecule has 2 amide bonds. The molecule has 8 nitrogen and oxygen atoms in total. The average Bonchev–Trinajstić information content (AvgIpc) is 3.32. The van der Waals surface area contributed by atoms with Gasteiger partial charge in [-0.1, -0.05) is 18.2 Å². The highest BCUT2D eigenvalue weighted by molar-refractivity contribution is 7.13. The van der Waals surface area contributed by atoms with E-state index >= 15 is 0 Å². The fourth-order valence-corrected chi connectivity index (χ4v) is 3.70. The molecule has 0 saturated carbocycles. The number of carbonyl (C=O) groups excluding carboxylic acids is 2. The summed E-state index contributed by atoms with van der Waals surface area (Å²) in [5.41, 5.74) is 0.498. The van der Waals surface area contributed by atoms with E-state index < -0.39 is 18.1 Å². The molecule has 2 heterocycles. The van der Waals surface area contributed by atoms with Gasteiger partial charge in [-0.15, -0.1) is 11.3 Å². The SMILES string of the molecule is CC(Oc1ccccc1)C(=O)Nc1nc(CC(=O)N2CCCC2C(=O)O)cs1. The lowest BCUT2D eigenvalue weighted by Crippen LogP contribution is -2.41. The second-order valence-electron chi connectivity index (χ2n) is 6.47. The van der Waals surface area contributed by atoms with Gasteiger partial charge in [0.2, 0.25) is 5.91 Å². The number of amides is 2. The topological polar surface area (TPSA) is 109 Å².